The van der Waals surface area contributed by atoms with Crippen molar-refractivity contribution in [2.45, 2.75) is 57.5 Å². The van der Waals surface area contributed by atoms with E-state index in [0.717, 1.165) is 24.8 Å². The number of hydrogen-bond acceptors (Lipinski definition) is 3. The van der Waals surface area contributed by atoms with Gasteiger partial charge in [0, 0.05) is 12.6 Å². The Morgan fingerprint density at radius 1 is 1.14 bits per heavy atom. The molecule has 5 heteroatoms. The van der Waals surface area contributed by atoms with E-state index in [1.54, 1.807) is 18.2 Å². The Hall–Kier alpha value is -0.910. The number of hydrogen-bond donors (Lipinski definition) is 2. The quantitative estimate of drug-likeness (QED) is 0.737. The molecule has 0 fully saturated rings. The molecule has 0 aliphatic rings. The van der Waals surface area contributed by atoms with Crippen LogP contribution < -0.4 is 10.0 Å². The van der Waals surface area contributed by atoms with Gasteiger partial charge in [0.05, 0.1) is 4.90 Å². The summed E-state index contributed by atoms with van der Waals surface area (Å²) in [7, 11) is -1.59. The molecule has 0 bridgehead atoms. The maximum Gasteiger partial charge on any atom is 0.240 e. The number of rotatable bonds is 9. The Balaban J connectivity index is 2.66. The van der Waals surface area contributed by atoms with Crippen LogP contribution in [0.4, 0.5) is 0 Å². The van der Waals surface area contributed by atoms with E-state index in [4.69, 9.17) is 0 Å². The minimum atomic E-state index is -3.43. The molecule has 1 unspecified atom stereocenters. The van der Waals surface area contributed by atoms with Gasteiger partial charge in [-0.1, -0.05) is 38.8 Å². The number of nitrogens with one attached hydrogen (secondary N) is 2. The van der Waals surface area contributed by atoms with Gasteiger partial charge in [0.25, 0.3) is 0 Å². The van der Waals surface area contributed by atoms with E-state index in [0.29, 0.717) is 17.4 Å². The van der Waals surface area contributed by atoms with Crippen LogP contribution in [-0.2, 0) is 16.6 Å². The second-order valence-electron chi connectivity index (χ2n) is 6.02. The van der Waals surface area contributed by atoms with E-state index in [9.17, 15) is 8.42 Å². The third-order valence-electron chi connectivity index (χ3n) is 3.36. The first-order chi connectivity index (χ1) is 9.85. The predicted octanol–water partition coefficient (Wildman–Crippen LogP) is 2.90. The van der Waals surface area contributed by atoms with Gasteiger partial charge in [-0.05, 0) is 44.0 Å². The van der Waals surface area contributed by atoms with Gasteiger partial charge in [-0.3, -0.25) is 0 Å². The van der Waals surface area contributed by atoms with Crippen molar-refractivity contribution in [3.8, 4) is 0 Å². The smallest absolute Gasteiger partial charge is 0.240 e. The first-order valence-electron chi connectivity index (χ1n) is 7.61. The van der Waals surface area contributed by atoms with Crippen LogP contribution in [0.25, 0.3) is 0 Å². The lowest BCUT2D eigenvalue weighted by molar-refractivity contribution is 0.488. The molecule has 1 atom stereocenters. The third kappa shape index (κ3) is 6.59. The summed E-state index contributed by atoms with van der Waals surface area (Å²) in [5, 5.41) is 3.03. The summed E-state index contributed by atoms with van der Waals surface area (Å²) in [5.41, 5.74) is 0.966. The largest absolute Gasteiger partial charge is 0.316 e. The normalized spacial score (nSPS) is 13.6. The monoisotopic (exact) mass is 312 g/mol. The van der Waals surface area contributed by atoms with Gasteiger partial charge in [-0.2, -0.15) is 0 Å². The van der Waals surface area contributed by atoms with Crippen molar-refractivity contribution in [2.75, 3.05) is 7.05 Å². The van der Waals surface area contributed by atoms with Crippen LogP contribution in [0.15, 0.2) is 29.2 Å². The summed E-state index contributed by atoms with van der Waals surface area (Å²) in [6, 6.07) is 7.02. The molecule has 0 aliphatic heterocycles. The number of sulfonamides is 1. The van der Waals surface area contributed by atoms with Crippen LogP contribution >= 0.6 is 0 Å². The molecule has 1 aromatic rings. The fourth-order valence-electron chi connectivity index (χ4n) is 2.25. The molecule has 1 rings (SSSR count). The molecule has 0 aromatic heterocycles. The SMILES string of the molecule is CNCc1cccc(S(=O)(=O)NC(C)CCCC(C)C)c1. The van der Waals surface area contributed by atoms with Crippen molar-refractivity contribution >= 4 is 10.0 Å². The topological polar surface area (TPSA) is 58.2 Å². The average Bonchev–Trinajstić information content (AvgIpc) is 2.38. The minimum absolute atomic E-state index is 0.0401. The van der Waals surface area contributed by atoms with Crippen molar-refractivity contribution in [3.05, 3.63) is 29.8 Å². The van der Waals surface area contributed by atoms with Crippen LogP contribution in [0.3, 0.4) is 0 Å². The highest BCUT2D eigenvalue weighted by atomic mass is 32.2. The van der Waals surface area contributed by atoms with Gasteiger partial charge in [0.15, 0.2) is 0 Å². The number of benzene rings is 1. The highest BCUT2D eigenvalue weighted by molar-refractivity contribution is 7.89. The summed E-state index contributed by atoms with van der Waals surface area (Å²) >= 11 is 0. The van der Waals surface area contributed by atoms with Crippen molar-refractivity contribution < 1.29 is 8.42 Å². The maximum absolute atomic E-state index is 12.4. The van der Waals surface area contributed by atoms with Crippen molar-refractivity contribution in [3.63, 3.8) is 0 Å². The maximum atomic E-state index is 12.4. The fraction of sp³-hybridized carbons (Fsp3) is 0.625. The Morgan fingerprint density at radius 2 is 1.86 bits per heavy atom. The molecule has 2 N–H and O–H groups in total. The molecule has 0 saturated heterocycles. The van der Waals surface area contributed by atoms with Gasteiger partial charge in [-0.25, -0.2) is 13.1 Å². The summed E-state index contributed by atoms with van der Waals surface area (Å²) < 4.78 is 27.5. The summed E-state index contributed by atoms with van der Waals surface area (Å²) in [5.74, 6) is 0.659. The molecule has 4 nitrogen and oxygen atoms in total. The molecule has 120 valence electrons. The minimum Gasteiger partial charge on any atom is -0.316 e. The molecule has 0 heterocycles. The van der Waals surface area contributed by atoms with Crippen LogP contribution in [0.2, 0.25) is 0 Å². The van der Waals surface area contributed by atoms with Crippen LogP contribution in [0.5, 0.6) is 0 Å². The fourth-order valence-corrected chi connectivity index (χ4v) is 3.60. The molecule has 0 radical (unpaired) electrons. The van der Waals surface area contributed by atoms with Crippen molar-refractivity contribution in [1.82, 2.24) is 10.0 Å². The van der Waals surface area contributed by atoms with Crippen molar-refractivity contribution in [2.24, 2.45) is 5.92 Å². The van der Waals surface area contributed by atoms with Gasteiger partial charge in [-0.15, -0.1) is 0 Å². The van der Waals surface area contributed by atoms with Gasteiger partial charge in [0.2, 0.25) is 10.0 Å². The van der Waals surface area contributed by atoms with Gasteiger partial charge < -0.3 is 5.32 Å². The molecular formula is C16H28N2O2S. The molecule has 0 aliphatic carbocycles. The van der Waals surface area contributed by atoms with Gasteiger partial charge >= 0.3 is 0 Å². The Morgan fingerprint density at radius 3 is 2.48 bits per heavy atom. The van der Waals surface area contributed by atoms with Crippen LogP contribution in [-0.4, -0.2) is 21.5 Å². The molecule has 0 amide bonds. The van der Waals surface area contributed by atoms with Gasteiger partial charge in [0.1, 0.15) is 0 Å². The zero-order valence-corrected chi connectivity index (χ0v) is 14.3. The first kappa shape index (κ1) is 18.1. The lowest BCUT2D eigenvalue weighted by atomic mass is 10.0. The molecular weight excluding hydrogens is 284 g/mol. The Bertz CT molecular complexity index is 527. The molecule has 21 heavy (non-hydrogen) atoms. The van der Waals surface area contributed by atoms with Crippen molar-refractivity contribution in [1.29, 1.82) is 0 Å². The highest BCUT2D eigenvalue weighted by Crippen LogP contribution is 2.14. The molecule has 0 spiro atoms. The van der Waals surface area contributed by atoms with E-state index >= 15 is 0 Å². The lowest BCUT2D eigenvalue weighted by Gasteiger charge is -2.15. The first-order valence-corrected chi connectivity index (χ1v) is 9.09. The third-order valence-corrected chi connectivity index (χ3v) is 4.95. The summed E-state index contributed by atoms with van der Waals surface area (Å²) in [6.07, 6.45) is 3.04. The summed E-state index contributed by atoms with van der Waals surface area (Å²) in [4.78, 5) is 0.339. The van der Waals surface area contributed by atoms with E-state index in [2.05, 4.69) is 23.9 Å². The Labute approximate surface area is 129 Å². The van der Waals surface area contributed by atoms with E-state index in [-0.39, 0.29) is 6.04 Å². The van der Waals surface area contributed by atoms with E-state index < -0.39 is 10.0 Å². The Kier molecular flexibility index (Phi) is 7.35. The van der Waals surface area contributed by atoms with E-state index in [1.165, 1.54) is 0 Å². The van der Waals surface area contributed by atoms with E-state index in [1.807, 2.05) is 20.0 Å². The standard InChI is InChI=1S/C16H28N2O2S/c1-13(2)7-5-8-14(3)18-21(19,20)16-10-6-9-15(11-16)12-17-4/h6,9-11,13-14,17-18H,5,7-8,12H2,1-4H3. The molecule has 1 aromatic carbocycles. The highest BCUT2D eigenvalue weighted by Gasteiger charge is 2.17. The predicted molar refractivity (Wildman–Crippen MR) is 87.7 cm³/mol. The second kappa shape index (κ2) is 8.51. The zero-order chi connectivity index (χ0) is 15.9. The average molecular weight is 312 g/mol. The van der Waals surface area contributed by atoms with Crippen LogP contribution in [0, 0.1) is 5.92 Å². The second-order valence-corrected chi connectivity index (χ2v) is 7.74. The lowest BCUT2D eigenvalue weighted by Crippen LogP contribution is -2.32. The molecule has 0 saturated carbocycles. The summed E-state index contributed by atoms with van der Waals surface area (Å²) in [6.45, 7) is 6.95. The zero-order valence-electron chi connectivity index (χ0n) is 13.5. The van der Waals surface area contributed by atoms with Crippen LogP contribution in [0.1, 0.15) is 45.6 Å².